The Morgan fingerprint density at radius 2 is 1.87 bits per heavy atom. The van der Waals surface area contributed by atoms with Crippen molar-refractivity contribution in [3.05, 3.63) is 64.6 Å². The summed E-state index contributed by atoms with van der Waals surface area (Å²) in [5.74, 6) is -0.264. The van der Waals surface area contributed by atoms with Gasteiger partial charge < -0.3 is 9.67 Å². The maximum atomic E-state index is 13.7. The minimum atomic E-state index is -0.471. The van der Waals surface area contributed by atoms with Gasteiger partial charge in [-0.15, -0.1) is 0 Å². The Hall–Kier alpha value is -2.62. The van der Waals surface area contributed by atoms with E-state index in [0.29, 0.717) is 16.6 Å². The monoisotopic (exact) mass is 309 g/mol. The highest BCUT2D eigenvalue weighted by Gasteiger charge is 2.41. The van der Waals surface area contributed by atoms with E-state index in [-0.39, 0.29) is 17.3 Å². The average Bonchev–Trinajstić information content (AvgIpc) is 2.79. The van der Waals surface area contributed by atoms with Crippen molar-refractivity contribution in [1.82, 2.24) is 4.57 Å². The van der Waals surface area contributed by atoms with Crippen molar-refractivity contribution in [2.24, 2.45) is 7.05 Å². The van der Waals surface area contributed by atoms with Crippen LogP contribution in [0.4, 0.5) is 4.39 Å². The van der Waals surface area contributed by atoms with Gasteiger partial charge in [0.15, 0.2) is 5.78 Å². The second-order valence-electron chi connectivity index (χ2n) is 6.63. The molecule has 0 bridgehead atoms. The van der Waals surface area contributed by atoms with Gasteiger partial charge in [0.2, 0.25) is 0 Å². The van der Waals surface area contributed by atoms with Crippen molar-refractivity contribution in [3.8, 4) is 5.75 Å². The molecule has 2 aromatic carbocycles. The lowest BCUT2D eigenvalue weighted by molar-refractivity contribution is 0.103. The predicted molar refractivity (Wildman–Crippen MR) is 86.5 cm³/mol. The fraction of sp³-hybridized carbons (Fsp3) is 0.211. The number of aryl methyl sites for hydroxylation is 1. The summed E-state index contributed by atoms with van der Waals surface area (Å²) < 4.78 is 15.5. The maximum absolute atomic E-state index is 13.7. The molecule has 3 nitrogen and oxygen atoms in total. The zero-order valence-corrected chi connectivity index (χ0v) is 13.1. The van der Waals surface area contributed by atoms with Gasteiger partial charge in [-0.3, -0.25) is 4.79 Å². The normalized spacial score (nSPS) is 15.6. The van der Waals surface area contributed by atoms with Crippen LogP contribution in [-0.2, 0) is 12.5 Å². The van der Waals surface area contributed by atoms with E-state index in [0.717, 1.165) is 16.6 Å². The Bertz CT molecular complexity index is 998. The Balaban J connectivity index is 2.17. The molecule has 0 aliphatic heterocycles. The Morgan fingerprint density at radius 3 is 2.61 bits per heavy atom. The fourth-order valence-electron chi connectivity index (χ4n) is 3.88. The number of phenolic OH excluding ortho intramolecular Hbond substituents is 1. The van der Waals surface area contributed by atoms with Crippen molar-refractivity contribution >= 4 is 16.7 Å². The SMILES string of the molecule is Cn1c2c(c3ccc(F)cc31)C(=O)c1ccc(O)cc1C2(C)C. The highest BCUT2D eigenvalue weighted by molar-refractivity contribution is 6.20. The number of aromatic hydroxyl groups is 1. The Morgan fingerprint density at radius 1 is 1.13 bits per heavy atom. The topological polar surface area (TPSA) is 42.2 Å². The van der Waals surface area contributed by atoms with Gasteiger partial charge in [0.05, 0.1) is 11.1 Å². The Kier molecular flexibility index (Phi) is 2.57. The maximum Gasteiger partial charge on any atom is 0.195 e. The molecule has 0 spiro atoms. The van der Waals surface area contributed by atoms with Crippen LogP contribution in [0.15, 0.2) is 36.4 Å². The van der Waals surface area contributed by atoms with Crippen molar-refractivity contribution in [3.63, 3.8) is 0 Å². The summed E-state index contributed by atoms with van der Waals surface area (Å²) >= 11 is 0. The molecule has 1 N–H and O–H groups in total. The molecule has 0 atom stereocenters. The number of fused-ring (bicyclic) bond motifs is 4. The minimum absolute atomic E-state index is 0.0773. The van der Waals surface area contributed by atoms with Crippen LogP contribution >= 0.6 is 0 Å². The van der Waals surface area contributed by atoms with Gasteiger partial charge in [-0.2, -0.15) is 0 Å². The van der Waals surface area contributed by atoms with Gasteiger partial charge >= 0.3 is 0 Å². The van der Waals surface area contributed by atoms with Crippen LogP contribution in [0.25, 0.3) is 10.9 Å². The van der Waals surface area contributed by atoms with Gasteiger partial charge in [-0.05, 0) is 42.0 Å². The minimum Gasteiger partial charge on any atom is -0.508 e. The number of hydrogen-bond acceptors (Lipinski definition) is 2. The van der Waals surface area contributed by atoms with Gasteiger partial charge in [0, 0.05) is 29.1 Å². The summed E-state index contributed by atoms with van der Waals surface area (Å²) in [5, 5.41) is 10.6. The molecular weight excluding hydrogens is 293 g/mol. The van der Waals surface area contributed by atoms with Crippen molar-refractivity contribution in [2.45, 2.75) is 19.3 Å². The van der Waals surface area contributed by atoms with Crippen LogP contribution in [0.1, 0.15) is 41.0 Å². The molecule has 0 saturated carbocycles. The molecule has 0 fully saturated rings. The van der Waals surface area contributed by atoms with Gasteiger partial charge in [-0.1, -0.05) is 13.8 Å². The number of rotatable bonds is 0. The van der Waals surface area contributed by atoms with Crippen LogP contribution in [-0.4, -0.2) is 15.5 Å². The number of phenols is 1. The third-order valence-electron chi connectivity index (χ3n) is 4.90. The summed E-state index contributed by atoms with van der Waals surface area (Å²) in [7, 11) is 1.85. The molecule has 116 valence electrons. The number of ketones is 1. The fourth-order valence-corrected chi connectivity index (χ4v) is 3.88. The molecule has 0 unspecified atom stereocenters. The molecule has 23 heavy (non-hydrogen) atoms. The summed E-state index contributed by atoms with van der Waals surface area (Å²) in [4.78, 5) is 13.0. The van der Waals surface area contributed by atoms with Gasteiger partial charge in [0.1, 0.15) is 11.6 Å². The molecule has 1 aromatic heterocycles. The van der Waals surface area contributed by atoms with Crippen molar-refractivity contribution < 1.29 is 14.3 Å². The van der Waals surface area contributed by atoms with Crippen LogP contribution in [0.2, 0.25) is 0 Å². The molecule has 4 heteroatoms. The number of aromatic nitrogens is 1. The Labute approximate surface area is 133 Å². The number of nitrogens with zero attached hydrogens (tertiary/aromatic N) is 1. The molecular formula is C19H16FNO2. The van der Waals surface area contributed by atoms with Gasteiger partial charge in [0.25, 0.3) is 0 Å². The first kappa shape index (κ1) is 14.0. The van der Waals surface area contributed by atoms with E-state index in [2.05, 4.69) is 0 Å². The number of halogens is 1. The quantitative estimate of drug-likeness (QED) is 0.684. The van der Waals surface area contributed by atoms with E-state index in [1.54, 1.807) is 18.2 Å². The third kappa shape index (κ3) is 1.66. The summed E-state index contributed by atoms with van der Waals surface area (Å²) in [6.45, 7) is 4.04. The standard InChI is InChI=1S/C19H16FNO2/c1-19(2)14-9-11(22)5-7-12(14)17(23)16-13-6-4-10(20)8-15(13)21(3)18(16)19/h4-9,22H,1-3H3. The number of hydrogen-bond donors (Lipinski definition) is 1. The van der Waals surface area contributed by atoms with E-state index in [1.807, 2.05) is 25.5 Å². The summed E-state index contributed by atoms with van der Waals surface area (Å²) in [5.41, 5.74) is 3.10. The number of carbonyl (C=O) groups is 1. The number of carbonyl (C=O) groups excluding carboxylic acids is 1. The molecule has 1 aliphatic rings. The highest BCUT2D eigenvalue weighted by Crippen LogP contribution is 2.45. The lowest BCUT2D eigenvalue weighted by atomic mass is 9.71. The molecule has 1 heterocycles. The zero-order chi connectivity index (χ0) is 16.5. The molecule has 4 rings (SSSR count). The largest absolute Gasteiger partial charge is 0.508 e. The lowest BCUT2D eigenvalue weighted by Crippen LogP contribution is -2.31. The zero-order valence-electron chi connectivity index (χ0n) is 13.1. The van der Waals surface area contributed by atoms with Crippen molar-refractivity contribution in [1.29, 1.82) is 0 Å². The summed E-state index contributed by atoms with van der Waals surface area (Å²) in [6.07, 6.45) is 0. The molecule has 0 amide bonds. The van der Waals surface area contributed by atoms with Crippen LogP contribution in [0, 0.1) is 5.82 Å². The van der Waals surface area contributed by atoms with Crippen LogP contribution < -0.4 is 0 Å². The molecule has 3 aromatic rings. The van der Waals surface area contributed by atoms with E-state index < -0.39 is 5.41 Å². The lowest BCUT2D eigenvalue weighted by Gasteiger charge is -2.33. The highest BCUT2D eigenvalue weighted by atomic mass is 19.1. The average molecular weight is 309 g/mol. The van der Waals surface area contributed by atoms with Gasteiger partial charge in [-0.25, -0.2) is 4.39 Å². The first-order chi connectivity index (χ1) is 10.8. The summed E-state index contributed by atoms with van der Waals surface area (Å²) in [6, 6.07) is 9.36. The van der Waals surface area contributed by atoms with E-state index >= 15 is 0 Å². The predicted octanol–water partition coefficient (Wildman–Crippen LogP) is 3.89. The van der Waals surface area contributed by atoms with E-state index in [4.69, 9.17) is 0 Å². The first-order valence-electron chi connectivity index (χ1n) is 7.49. The number of benzene rings is 2. The molecule has 0 radical (unpaired) electrons. The smallest absolute Gasteiger partial charge is 0.195 e. The van der Waals surface area contributed by atoms with E-state index in [1.165, 1.54) is 18.2 Å². The third-order valence-corrected chi connectivity index (χ3v) is 4.90. The first-order valence-corrected chi connectivity index (χ1v) is 7.49. The second kappa shape index (κ2) is 4.22. The van der Waals surface area contributed by atoms with Crippen molar-refractivity contribution in [2.75, 3.05) is 0 Å². The van der Waals surface area contributed by atoms with E-state index in [9.17, 15) is 14.3 Å². The molecule has 1 aliphatic carbocycles. The van der Waals surface area contributed by atoms with Crippen LogP contribution in [0.3, 0.4) is 0 Å². The molecule has 0 saturated heterocycles. The van der Waals surface area contributed by atoms with Crippen LogP contribution in [0.5, 0.6) is 5.75 Å². The second-order valence-corrected chi connectivity index (χ2v) is 6.63.